The van der Waals surface area contributed by atoms with Crippen LogP contribution in [0.25, 0.3) is 11.0 Å². The van der Waals surface area contributed by atoms with E-state index in [2.05, 4.69) is 20.6 Å². The molecular weight excluding hydrogens is 484 g/mol. The summed E-state index contributed by atoms with van der Waals surface area (Å²) < 4.78 is 29.5. The van der Waals surface area contributed by atoms with Crippen LogP contribution in [0, 0.1) is 0 Å². The van der Waals surface area contributed by atoms with E-state index in [9.17, 15) is 23.2 Å². The number of nitrogens with one attached hydrogen (secondary N) is 2. The van der Waals surface area contributed by atoms with Crippen molar-refractivity contribution >= 4 is 46.0 Å². The normalized spacial score (nSPS) is 15.3. The number of fused-ring (bicyclic) bond motifs is 1. The first-order valence-electron chi connectivity index (χ1n) is 11.0. The van der Waals surface area contributed by atoms with Crippen molar-refractivity contribution in [2.75, 3.05) is 30.4 Å². The fraction of sp³-hybridized carbons (Fsp3) is 0.409. The lowest BCUT2D eigenvalue weighted by Crippen LogP contribution is -2.41. The van der Waals surface area contributed by atoms with Gasteiger partial charge in [0.25, 0.3) is 5.92 Å². The van der Waals surface area contributed by atoms with Crippen molar-refractivity contribution in [3.05, 3.63) is 50.1 Å². The minimum absolute atomic E-state index is 0.0201. The summed E-state index contributed by atoms with van der Waals surface area (Å²) in [6.07, 6.45) is 0.854. The number of aryl methyl sites for hydroxylation is 2. The van der Waals surface area contributed by atoms with Crippen LogP contribution in [-0.4, -0.2) is 51.1 Å². The summed E-state index contributed by atoms with van der Waals surface area (Å²) in [7, 11) is 2.99. The summed E-state index contributed by atoms with van der Waals surface area (Å²) in [5, 5.41) is 5.78. The molecule has 0 saturated carbocycles. The molecule has 0 unspecified atom stereocenters. The molecule has 1 amide bonds. The Morgan fingerprint density at radius 1 is 1.17 bits per heavy atom. The highest BCUT2D eigenvalue weighted by Crippen LogP contribution is 2.31. The second-order valence-corrected chi connectivity index (χ2v) is 8.69. The van der Waals surface area contributed by atoms with Gasteiger partial charge in [0.05, 0.1) is 17.2 Å². The maximum atomic E-state index is 13.5. The molecule has 186 valence electrons. The minimum atomic E-state index is -2.69. The number of aromatic nitrogens is 4. The van der Waals surface area contributed by atoms with Crippen LogP contribution in [0.4, 0.5) is 26.2 Å². The van der Waals surface area contributed by atoms with E-state index in [4.69, 9.17) is 11.6 Å². The molecule has 2 aromatic heterocycles. The number of anilines is 3. The molecule has 35 heavy (non-hydrogen) atoms. The van der Waals surface area contributed by atoms with Crippen LogP contribution in [0.1, 0.15) is 19.3 Å². The fourth-order valence-electron chi connectivity index (χ4n) is 3.91. The Morgan fingerprint density at radius 3 is 2.57 bits per heavy atom. The predicted octanol–water partition coefficient (Wildman–Crippen LogP) is 2.26. The Balaban J connectivity index is 1.68. The van der Waals surface area contributed by atoms with Crippen LogP contribution >= 0.6 is 11.6 Å². The summed E-state index contributed by atoms with van der Waals surface area (Å²) >= 11 is 6.28. The van der Waals surface area contributed by atoms with Crippen LogP contribution in [0.3, 0.4) is 0 Å². The first-order chi connectivity index (χ1) is 16.6. The first kappa shape index (κ1) is 24.6. The summed E-state index contributed by atoms with van der Waals surface area (Å²) in [6, 6.07) is 5.01. The number of piperidine rings is 1. The van der Waals surface area contributed by atoms with E-state index in [0.29, 0.717) is 16.7 Å². The Kier molecular flexibility index (Phi) is 6.75. The topological polar surface area (TPSA) is 114 Å². The molecule has 0 spiro atoms. The second-order valence-electron chi connectivity index (χ2n) is 8.28. The molecule has 0 atom stereocenters. The standard InChI is InChI=1S/C22H24ClF2N7O3/c1-26-17(33)5-8-32-16-11-13(3-4-15(16)30(2)19(34)20(32)35)28-18-14(23)12-27-21(29-18)31-9-6-22(24,25)7-10-31/h3-4,11-12H,5-10H2,1-2H3,(H,26,33)(H,27,28,29). The summed E-state index contributed by atoms with van der Waals surface area (Å²) in [4.78, 5) is 47.1. The van der Waals surface area contributed by atoms with Gasteiger partial charge in [0.1, 0.15) is 5.02 Å². The van der Waals surface area contributed by atoms with Crippen LogP contribution in [0.2, 0.25) is 5.02 Å². The van der Waals surface area contributed by atoms with E-state index < -0.39 is 17.0 Å². The number of nitrogens with zero attached hydrogens (tertiary/aromatic N) is 5. The second kappa shape index (κ2) is 9.61. The van der Waals surface area contributed by atoms with Crippen LogP contribution in [-0.2, 0) is 18.4 Å². The summed E-state index contributed by atoms with van der Waals surface area (Å²) in [5.74, 6) is -2.42. The molecule has 0 aliphatic carbocycles. The van der Waals surface area contributed by atoms with Crippen molar-refractivity contribution in [3.8, 4) is 0 Å². The summed E-state index contributed by atoms with van der Waals surface area (Å²) in [6.45, 7) is 0.262. The van der Waals surface area contributed by atoms with Crippen molar-refractivity contribution in [2.24, 2.45) is 7.05 Å². The molecule has 2 N–H and O–H groups in total. The maximum absolute atomic E-state index is 13.5. The molecule has 1 aromatic carbocycles. The van der Waals surface area contributed by atoms with Crippen molar-refractivity contribution in [2.45, 2.75) is 31.7 Å². The molecular formula is C22H24ClF2N7O3. The quantitative estimate of drug-likeness (QED) is 0.492. The number of carbonyl (C=O) groups excluding carboxylic acids is 1. The van der Waals surface area contributed by atoms with Gasteiger partial charge in [-0.05, 0) is 18.2 Å². The zero-order valence-electron chi connectivity index (χ0n) is 19.1. The SMILES string of the molecule is CNC(=O)CCn1c(=O)c(=O)n(C)c2ccc(Nc3nc(N4CCC(F)(F)CC4)ncc3Cl)cc21. The number of alkyl halides is 2. The largest absolute Gasteiger partial charge is 0.359 e. The van der Waals surface area contributed by atoms with Crippen molar-refractivity contribution in [1.29, 1.82) is 0 Å². The highest BCUT2D eigenvalue weighted by molar-refractivity contribution is 6.32. The smallest absolute Gasteiger partial charge is 0.316 e. The van der Waals surface area contributed by atoms with E-state index in [1.165, 1.54) is 29.4 Å². The average Bonchev–Trinajstić information content (AvgIpc) is 2.84. The zero-order valence-corrected chi connectivity index (χ0v) is 19.9. The van der Waals surface area contributed by atoms with Gasteiger partial charge in [-0.25, -0.2) is 13.8 Å². The highest BCUT2D eigenvalue weighted by atomic mass is 35.5. The van der Waals surface area contributed by atoms with Crippen LogP contribution < -0.4 is 26.7 Å². The lowest BCUT2D eigenvalue weighted by atomic mass is 10.1. The number of hydrogen-bond donors (Lipinski definition) is 2. The highest BCUT2D eigenvalue weighted by Gasteiger charge is 2.34. The Bertz CT molecular complexity index is 1400. The molecule has 4 rings (SSSR count). The van der Waals surface area contributed by atoms with Gasteiger partial charge in [0, 0.05) is 58.7 Å². The number of amides is 1. The van der Waals surface area contributed by atoms with Gasteiger partial charge in [-0.1, -0.05) is 11.6 Å². The number of rotatable bonds is 6. The molecule has 3 aromatic rings. The first-order valence-corrected chi connectivity index (χ1v) is 11.3. The molecule has 1 aliphatic heterocycles. The van der Waals surface area contributed by atoms with E-state index in [1.54, 1.807) is 23.1 Å². The Labute approximate surface area is 203 Å². The molecule has 13 heteroatoms. The number of halogens is 3. The van der Waals surface area contributed by atoms with Crippen molar-refractivity contribution in [1.82, 2.24) is 24.4 Å². The van der Waals surface area contributed by atoms with Gasteiger partial charge in [-0.2, -0.15) is 4.98 Å². The fourth-order valence-corrected chi connectivity index (χ4v) is 4.05. The van der Waals surface area contributed by atoms with E-state index in [1.807, 2.05) is 0 Å². The molecule has 1 fully saturated rings. The van der Waals surface area contributed by atoms with Crippen LogP contribution in [0.5, 0.6) is 0 Å². The average molecular weight is 508 g/mol. The van der Waals surface area contributed by atoms with Crippen molar-refractivity contribution < 1.29 is 13.6 Å². The number of carbonyl (C=O) groups is 1. The van der Waals surface area contributed by atoms with E-state index in [0.717, 1.165) is 0 Å². The van der Waals surface area contributed by atoms with E-state index >= 15 is 0 Å². The third-order valence-electron chi connectivity index (χ3n) is 5.97. The van der Waals surface area contributed by atoms with E-state index in [-0.39, 0.29) is 61.6 Å². The van der Waals surface area contributed by atoms with Gasteiger partial charge in [0.2, 0.25) is 11.9 Å². The lowest BCUT2D eigenvalue weighted by Gasteiger charge is -2.31. The maximum Gasteiger partial charge on any atom is 0.316 e. The number of benzene rings is 1. The minimum Gasteiger partial charge on any atom is -0.359 e. The van der Waals surface area contributed by atoms with Gasteiger partial charge in [-0.15, -0.1) is 0 Å². The predicted molar refractivity (Wildman–Crippen MR) is 129 cm³/mol. The van der Waals surface area contributed by atoms with Gasteiger partial charge in [0.15, 0.2) is 5.82 Å². The monoisotopic (exact) mass is 507 g/mol. The molecule has 3 heterocycles. The molecule has 1 saturated heterocycles. The third kappa shape index (κ3) is 5.11. The Hall–Kier alpha value is -3.54. The zero-order chi connectivity index (χ0) is 25.3. The number of hydrogen-bond acceptors (Lipinski definition) is 7. The van der Waals surface area contributed by atoms with Crippen LogP contribution in [0.15, 0.2) is 34.0 Å². The Morgan fingerprint density at radius 2 is 1.89 bits per heavy atom. The molecule has 0 bridgehead atoms. The summed E-state index contributed by atoms with van der Waals surface area (Å²) in [5.41, 5.74) is 0.00688. The van der Waals surface area contributed by atoms with Gasteiger partial charge in [-0.3, -0.25) is 14.4 Å². The molecule has 10 nitrogen and oxygen atoms in total. The van der Waals surface area contributed by atoms with Gasteiger partial charge < -0.3 is 24.7 Å². The third-order valence-corrected chi connectivity index (χ3v) is 6.25. The van der Waals surface area contributed by atoms with Gasteiger partial charge >= 0.3 is 11.1 Å². The molecule has 1 aliphatic rings. The lowest BCUT2D eigenvalue weighted by molar-refractivity contribution is -0.120. The van der Waals surface area contributed by atoms with Crippen molar-refractivity contribution in [3.63, 3.8) is 0 Å². The molecule has 0 radical (unpaired) electrons.